The number of nitrogens with zero attached hydrogens (tertiary/aromatic N) is 1. The summed E-state index contributed by atoms with van der Waals surface area (Å²) in [6.07, 6.45) is 1.66. The minimum Gasteiger partial charge on any atom is -0.494 e. The van der Waals surface area contributed by atoms with Crippen molar-refractivity contribution in [1.82, 2.24) is 10.3 Å². The highest BCUT2D eigenvalue weighted by molar-refractivity contribution is 7.14. The second kappa shape index (κ2) is 7.27. The molecule has 1 amide bonds. The van der Waals surface area contributed by atoms with Gasteiger partial charge in [-0.05, 0) is 44.5 Å². The van der Waals surface area contributed by atoms with Gasteiger partial charge in [-0.25, -0.2) is 9.37 Å². The summed E-state index contributed by atoms with van der Waals surface area (Å²) in [7, 11) is 1.43. The fourth-order valence-electron chi connectivity index (χ4n) is 2.87. The van der Waals surface area contributed by atoms with Crippen LogP contribution in [-0.2, 0) is 4.79 Å². The average Bonchev–Trinajstić information content (AvgIpc) is 3.03. The number of thiazole rings is 1. The lowest BCUT2D eigenvalue weighted by Gasteiger charge is -2.26. The van der Waals surface area contributed by atoms with Gasteiger partial charge >= 0.3 is 0 Å². The fourth-order valence-corrected chi connectivity index (χ4v) is 3.59. The summed E-state index contributed by atoms with van der Waals surface area (Å²) in [5, 5.41) is 8.56. The molecule has 2 N–H and O–H groups in total. The predicted octanol–water partition coefficient (Wildman–Crippen LogP) is 3.28. The Morgan fingerprint density at radius 1 is 1.50 bits per heavy atom. The first-order valence-electron chi connectivity index (χ1n) is 7.90. The van der Waals surface area contributed by atoms with Crippen LogP contribution in [0.5, 0.6) is 5.75 Å². The van der Waals surface area contributed by atoms with E-state index in [4.69, 9.17) is 4.74 Å². The molecule has 2 atom stereocenters. The van der Waals surface area contributed by atoms with Crippen LogP contribution in [0.3, 0.4) is 0 Å². The Bertz CT molecular complexity index is 734. The van der Waals surface area contributed by atoms with Crippen LogP contribution in [-0.4, -0.2) is 30.6 Å². The number of methoxy groups -OCH3 is 1. The largest absolute Gasteiger partial charge is 0.494 e. The van der Waals surface area contributed by atoms with Gasteiger partial charge in [0.2, 0.25) is 5.91 Å². The molecule has 0 unspecified atom stereocenters. The second-order valence-corrected chi connectivity index (χ2v) is 6.81. The van der Waals surface area contributed by atoms with Crippen LogP contribution < -0.4 is 15.4 Å². The van der Waals surface area contributed by atoms with Crippen molar-refractivity contribution in [2.75, 3.05) is 19.0 Å². The maximum absolute atomic E-state index is 13.8. The Morgan fingerprint density at radius 2 is 2.33 bits per heavy atom. The number of ether oxygens (including phenoxy) is 1. The Kier molecular flexibility index (Phi) is 5.11. The van der Waals surface area contributed by atoms with E-state index in [1.807, 2.05) is 5.38 Å². The molecule has 0 bridgehead atoms. The summed E-state index contributed by atoms with van der Waals surface area (Å²) in [6.45, 7) is 2.94. The van der Waals surface area contributed by atoms with Crippen LogP contribution in [0.2, 0.25) is 0 Å². The predicted molar refractivity (Wildman–Crippen MR) is 92.9 cm³/mol. The minimum absolute atomic E-state index is 0.00478. The molecule has 0 aliphatic carbocycles. The van der Waals surface area contributed by atoms with Crippen LogP contribution >= 0.6 is 11.3 Å². The molecule has 2 heterocycles. The van der Waals surface area contributed by atoms with E-state index in [9.17, 15) is 9.18 Å². The van der Waals surface area contributed by atoms with Crippen LogP contribution in [0, 0.1) is 11.7 Å². The molecule has 1 saturated heterocycles. The second-order valence-electron chi connectivity index (χ2n) is 5.95. The highest BCUT2D eigenvalue weighted by Crippen LogP contribution is 2.29. The van der Waals surface area contributed by atoms with E-state index >= 15 is 0 Å². The molecule has 2 aromatic rings. The topological polar surface area (TPSA) is 63.2 Å². The van der Waals surface area contributed by atoms with E-state index in [0.29, 0.717) is 22.4 Å². The van der Waals surface area contributed by atoms with Crippen molar-refractivity contribution in [3.8, 4) is 17.0 Å². The van der Waals surface area contributed by atoms with Crippen molar-refractivity contribution in [3.05, 3.63) is 29.4 Å². The van der Waals surface area contributed by atoms with Gasteiger partial charge in [0.05, 0.1) is 12.8 Å². The summed E-state index contributed by atoms with van der Waals surface area (Å²) in [6, 6.07) is 5.05. The van der Waals surface area contributed by atoms with Gasteiger partial charge in [-0.15, -0.1) is 11.3 Å². The first-order chi connectivity index (χ1) is 11.6. The molecule has 24 heavy (non-hydrogen) atoms. The maximum Gasteiger partial charge on any atom is 0.229 e. The Labute approximate surface area is 144 Å². The minimum atomic E-state index is -0.433. The highest BCUT2D eigenvalue weighted by Gasteiger charge is 2.25. The summed E-state index contributed by atoms with van der Waals surface area (Å²) in [5.41, 5.74) is 1.29. The quantitative estimate of drug-likeness (QED) is 0.889. The number of nitrogens with one attached hydrogen (secondary N) is 2. The number of carbonyl (C=O) groups is 1. The van der Waals surface area contributed by atoms with E-state index in [-0.39, 0.29) is 17.6 Å². The normalized spacial score (nSPS) is 20.6. The van der Waals surface area contributed by atoms with E-state index in [0.717, 1.165) is 19.4 Å². The number of carbonyl (C=O) groups excluding carboxylic acids is 1. The van der Waals surface area contributed by atoms with E-state index < -0.39 is 5.82 Å². The van der Waals surface area contributed by atoms with E-state index in [2.05, 4.69) is 22.5 Å². The van der Waals surface area contributed by atoms with Gasteiger partial charge in [-0.2, -0.15) is 0 Å². The summed E-state index contributed by atoms with van der Waals surface area (Å²) >= 11 is 1.34. The van der Waals surface area contributed by atoms with Gasteiger partial charge in [0, 0.05) is 22.9 Å². The molecule has 1 aliphatic rings. The molecule has 1 aliphatic heterocycles. The number of hydrogen-bond acceptors (Lipinski definition) is 5. The van der Waals surface area contributed by atoms with Gasteiger partial charge in [0.15, 0.2) is 16.7 Å². The number of aromatic nitrogens is 1. The average molecular weight is 349 g/mol. The van der Waals surface area contributed by atoms with E-state index in [1.54, 1.807) is 12.1 Å². The molecular formula is C17H20FN3O2S. The van der Waals surface area contributed by atoms with Crippen LogP contribution in [0.4, 0.5) is 9.52 Å². The number of anilines is 1. The zero-order valence-corrected chi connectivity index (χ0v) is 14.5. The number of halogens is 1. The molecule has 128 valence electrons. The summed E-state index contributed by atoms with van der Waals surface area (Å²) < 4.78 is 18.7. The lowest BCUT2D eigenvalue weighted by atomic mass is 9.92. The molecular weight excluding hydrogens is 329 g/mol. The molecule has 3 rings (SSSR count). The van der Waals surface area contributed by atoms with Crippen molar-refractivity contribution < 1.29 is 13.9 Å². The molecule has 1 fully saturated rings. The first-order valence-corrected chi connectivity index (χ1v) is 8.78. The van der Waals surface area contributed by atoms with Crippen LogP contribution in [0.25, 0.3) is 11.3 Å². The Balaban J connectivity index is 1.69. The lowest BCUT2D eigenvalue weighted by Crippen LogP contribution is -2.40. The zero-order valence-electron chi connectivity index (χ0n) is 13.6. The molecule has 0 spiro atoms. The van der Waals surface area contributed by atoms with Gasteiger partial charge in [-0.1, -0.05) is 0 Å². The first kappa shape index (κ1) is 16.9. The van der Waals surface area contributed by atoms with E-state index in [1.165, 1.54) is 24.5 Å². The SMILES string of the molecule is COc1ccc(-c2csc(NC(=O)[C@H]3CCN[C@@H](C)C3)n2)cc1F. The summed E-state index contributed by atoms with van der Waals surface area (Å²) in [5.74, 6) is -0.225. The number of hydrogen-bond donors (Lipinski definition) is 2. The van der Waals surface area contributed by atoms with Crippen molar-refractivity contribution in [1.29, 1.82) is 0 Å². The van der Waals surface area contributed by atoms with Crippen LogP contribution in [0.1, 0.15) is 19.8 Å². The molecule has 5 nitrogen and oxygen atoms in total. The number of amides is 1. The van der Waals surface area contributed by atoms with Gasteiger partial charge in [-0.3, -0.25) is 4.79 Å². The maximum atomic E-state index is 13.8. The number of benzene rings is 1. The number of piperidine rings is 1. The van der Waals surface area contributed by atoms with Gasteiger partial charge in [0.25, 0.3) is 0 Å². The van der Waals surface area contributed by atoms with Crippen molar-refractivity contribution >= 4 is 22.4 Å². The standard InChI is InChI=1S/C17H20FN3O2S/c1-10-7-12(5-6-19-10)16(22)21-17-20-14(9-24-17)11-3-4-15(23-2)13(18)8-11/h3-4,8-10,12,19H,5-7H2,1-2H3,(H,20,21,22)/t10-,12-/m0/s1. The monoisotopic (exact) mass is 349 g/mol. The lowest BCUT2D eigenvalue weighted by molar-refractivity contribution is -0.120. The summed E-state index contributed by atoms with van der Waals surface area (Å²) in [4.78, 5) is 16.7. The third-order valence-corrected chi connectivity index (χ3v) is 4.93. The van der Waals surface area contributed by atoms with Crippen molar-refractivity contribution in [2.24, 2.45) is 5.92 Å². The fraction of sp³-hybridized carbons (Fsp3) is 0.412. The Hall–Kier alpha value is -1.99. The van der Waals surface area contributed by atoms with Crippen molar-refractivity contribution in [2.45, 2.75) is 25.8 Å². The zero-order chi connectivity index (χ0) is 17.1. The van der Waals surface area contributed by atoms with Crippen LogP contribution in [0.15, 0.2) is 23.6 Å². The third-order valence-electron chi connectivity index (χ3n) is 4.18. The molecule has 1 aromatic heterocycles. The molecule has 0 radical (unpaired) electrons. The van der Waals surface area contributed by atoms with Crippen molar-refractivity contribution in [3.63, 3.8) is 0 Å². The molecule has 0 saturated carbocycles. The smallest absolute Gasteiger partial charge is 0.229 e. The van der Waals surface area contributed by atoms with Gasteiger partial charge in [0.1, 0.15) is 0 Å². The molecule has 7 heteroatoms. The molecule has 1 aromatic carbocycles. The van der Waals surface area contributed by atoms with Gasteiger partial charge < -0.3 is 15.4 Å². The Morgan fingerprint density at radius 3 is 3.04 bits per heavy atom. The number of rotatable bonds is 4. The highest BCUT2D eigenvalue weighted by atomic mass is 32.1. The third kappa shape index (κ3) is 3.73.